The predicted octanol–water partition coefficient (Wildman–Crippen LogP) is 2.28. The first-order valence-corrected chi connectivity index (χ1v) is 10.5. The molecule has 0 spiro atoms. The second kappa shape index (κ2) is 9.09. The smallest absolute Gasteiger partial charge is 0.269 e. The second-order valence-electron chi connectivity index (χ2n) is 6.72. The number of benzene rings is 2. The zero-order valence-electron chi connectivity index (χ0n) is 15.8. The van der Waals surface area contributed by atoms with Crippen LogP contribution >= 0.6 is 0 Å². The molecule has 11 heteroatoms. The molecule has 2 aromatic rings. The van der Waals surface area contributed by atoms with Crippen molar-refractivity contribution >= 4 is 27.8 Å². The van der Waals surface area contributed by atoms with Crippen LogP contribution in [-0.4, -0.2) is 42.9 Å². The highest BCUT2D eigenvalue weighted by Gasteiger charge is 2.32. The lowest BCUT2D eigenvalue weighted by Crippen LogP contribution is -2.42. The molecule has 0 bridgehead atoms. The van der Waals surface area contributed by atoms with E-state index < -0.39 is 26.7 Å². The van der Waals surface area contributed by atoms with E-state index in [9.17, 15) is 27.7 Å². The molecule has 1 aliphatic rings. The summed E-state index contributed by atoms with van der Waals surface area (Å²) in [5.41, 5.74) is 2.96. The van der Waals surface area contributed by atoms with Gasteiger partial charge in [0.25, 0.3) is 5.69 Å². The average Bonchev–Trinajstić information content (AvgIpc) is 2.74. The maximum Gasteiger partial charge on any atom is 0.269 e. The lowest BCUT2D eigenvalue weighted by molar-refractivity contribution is -0.384. The van der Waals surface area contributed by atoms with Crippen molar-refractivity contribution in [2.45, 2.75) is 17.7 Å². The number of sulfonamides is 1. The Balaban J connectivity index is 1.52. The topological polar surface area (TPSA) is 122 Å². The molecule has 1 N–H and O–H groups in total. The van der Waals surface area contributed by atoms with E-state index in [1.54, 1.807) is 0 Å². The van der Waals surface area contributed by atoms with Crippen LogP contribution in [0.25, 0.3) is 0 Å². The van der Waals surface area contributed by atoms with Crippen LogP contribution in [0.5, 0.6) is 0 Å². The van der Waals surface area contributed by atoms with Crippen molar-refractivity contribution in [2.24, 2.45) is 11.0 Å². The monoisotopic (exact) mass is 434 g/mol. The van der Waals surface area contributed by atoms with Gasteiger partial charge in [0.2, 0.25) is 15.9 Å². The van der Waals surface area contributed by atoms with Crippen LogP contribution in [-0.2, 0) is 14.8 Å². The first-order valence-electron chi connectivity index (χ1n) is 9.10. The molecular weight excluding hydrogens is 415 g/mol. The van der Waals surface area contributed by atoms with Gasteiger partial charge in [0.1, 0.15) is 5.82 Å². The van der Waals surface area contributed by atoms with Crippen molar-refractivity contribution in [1.82, 2.24) is 9.73 Å². The molecular formula is C19H19FN4O5S. The minimum absolute atomic E-state index is 0.0134. The van der Waals surface area contributed by atoms with Gasteiger partial charge in [0, 0.05) is 31.1 Å². The molecule has 158 valence electrons. The van der Waals surface area contributed by atoms with Crippen molar-refractivity contribution < 1.29 is 22.5 Å². The molecule has 3 rings (SSSR count). The van der Waals surface area contributed by atoms with Crippen LogP contribution in [0.2, 0.25) is 0 Å². The van der Waals surface area contributed by atoms with Gasteiger partial charge in [0.15, 0.2) is 0 Å². The first kappa shape index (κ1) is 21.5. The Morgan fingerprint density at radius 3 is 2.30 bits per heavy atom. The van der Waals surface area contributed by atoms with E-state index in [2.05, 4.69) is 10.5 Å². The molecule has 0 unspecified atom stereocenters. The van der Waals surface area contributed by atoms with Crippen molar-refractivity contribution in [1.29, 1.82) is 0 Å². The van der Waals surface area contributed by atoms with E-state index in [1.807, 2.05) is 0 Å². The molecule has 9 nitrogen and oxygen atoms in total. The van der Waals surface area contributed by atoms with Crippen molar-refractivity contribution in [3.8, 4) is 0 Å². The van der Waals surface area contributed by atoms with E-state index in [1.165, 1.54) is 46.9 Å². The van der Waals surface area contributed by atoms with E-state index in [4.69, 9.17) is 0 Å². The molecule has 1 amide bonds. The largest absolute Gasteiger partial charge is 0.273 e. The molecule has 0 radical (unpaired) electrons. The predicted molar refractivity (Wildman–Crippen MR) is 107 cm³/mol. The summed E-state index contributed by atoms with van der Waals surface area (Å²) >= 11 is 0. The Kier molecular flexibility index (Phi) is 6.53. The molecule has 1 aliphatic heterocycles. The lowest BCUT2D eigenvalue weighted by atomic mass is 9.98. The van der Waals surface area contributed by atoms with Gasteiger partial charge in [-0.2, -0.15) is 9.41 Å². The lowest BCUT2D eigenvalue weighted by Gasteiger charge is -2.30. The molecule has 1 heterocycles. The number of hydrogen-bond donors (Lipinski definition) is 1. The number of carbonyl (C=O) groups excluding carboxylic acids is 1. The number of hydrogen-bond acceptors (Lipinski definition) is 6. The molecule has 0 aromatic heterocycles. The Labute approximate surface area is 172 Å². The van der Waals surface area contributed by atoms with Crippen LogP contribution in [0.4, 0.5) is 10.1 Å². The molecule has 1 saturated heterocycles. The van der Waals surface area contributed by atoms with Crippen molar-refractivity contribution in [3.63, 3.8) is 0 Å². The maximum absolute atomic E-state index is 13.0. The number of hydrazone groups is 1. The summed E-state index contributed by atoms with van der Waals surface area (Å²) in [4.78, 5) is 22.4. The van der Waals surface area contributed by atoms with Gasteiger partial charge in [0.05, 0.1) is 16.0 Å². The summed E-state index contributed by atoms with van der Waals surface area (Å²) < 4.78 is 39.5. The summed E-state index contributed by atoms with van der Waals surface area (Å²) in [7, 11) is -3.73. The maximum atomic E-state index is 13.0. The molecule has 2 aromatic carbocycles. The summed E-state index contributed by atoms with van der Waals surface area (Å²) in [6.45, 7) is 0.341. The Morgan fingerprint density at radius 2 is 1.73 bits per heavy atom. The number of nitrogens with one attached hydrogen (secondary N) is 1. The summed E-state index contributed by atoms with van der Waals surface area (Å²) in [6, 6.07) is 10.3. The third-order valence-corrected chi connectivity index (χ3v) is 6.68. The number of halogens is 1. The van der Waals surface area contributed by atoms with Crippen LogP contribution in [0.15, 0.2) is 58.5 Å². The number of piperidine rings is 1. The molecule has 0 saturated carbocycles. The van der Waals surface area contributed by atoms with Crippen LogP contribution in [0.1, 0.15) is 18.4 Å². The van der Waals surface area contributed by atoms with E-state index in [0.29, 0.717) is 18.4 Å². The van der Waals surface area contributed by atoms with Gasteiger partial charge in [-0.1, -0.05) is 0 Å². The van der Waals surface area contributed by atoms with Crippen LogP contribution in [0, 0.1) is 21.8 Å². The van der Waals surface area contributed by atoms with E-state index in [0.717, 1.165) is 12.1 Å². The SMILES string of the molecule is O=C(N/N=C\c1ccc([N+](=O)[O-])cc1)C1CCN(S(=O)(=O)c2ccc(F)cc2)CC1. The van der Waals surface area contributed by atoms with Crippen LogP contribution < -0.4 is 5.43 Å². The summed E-state index contributed by atoms with van der Waals surface area (Å²) in [5.74, 6) is -1.23. The number of nitro benzene ring substituents is 1. The number of nitro groups is 1. The minimum atomic E-state index is -3.73. The highest BCUT2D eigenvalue weighted by atomic mass is 32.2. The number of rotatable bonds is 6. The van der Waals surface area contributed by atoms with Gasteiger partial charge >= 0.3 is 0 Å². The molecule has 1 fully saturated rings. The first-order chi connectivity index (χ1) is 14.3. The fraction of sp³-hybridized carbons (Fsp3) is 0.263. The Morgan fingerprint density at radius 1 is 1.13 bits per heavy atom. The van der Waals surface area contributed by atoms with Crippen molar-refractivity contribution in [3.05, 3.63) is 70.0 Å². The normalized spacial score (nSPS) is 15.9. The highest BCUT2D eigenvalue weighted by Crippen LogP contribution is 2.24. The van der Waals surface area contributed by atoms with Gasteiger partial charge in [-0.3, -0.25) is 14.9 Å². The standard InChI is InChI=1S/C19H19FN4O5S/c20-16-3-7-18(8-4-16)30(28,29)23-11-9-15(10-12-23)19(25)22-21-13-14-1-5-17(6-2-14)24(26)27/h1-8,13,15H,9-12H2,(H,22,25)/b21-13-. The number of non-ortho nitro benzene ring substituents is 1. The fourth-order valence-corrected chi connectivity index (χ4v) is 4.53. The van der Waals surface area contributed by atoms with Crippen LogP contribution in [0.3, 0.4) is 0 Å². The molecule has 30 heavy (non-hydrogen) atoms. The second-order valence-corrected chi connectivity index (χ2v) is 8.65. The Hall–Kier alpha value is -3.18. The third-order valence-electron chi connectivity index (χ3n) is 4.77. The zero-order chi connectivity index (χ0) is 21.7. The highest BCUT2D eigenvalue weighted by molar-refractivity contribution is 7.89. The summed E-state index contributed by atoms with van der Waals surface area (Å²) in [5, 5.41) is 14.5. The van der Waals surface area contributed by atoms with Gasteiger partial charge in [-0.15, -0.1) is 0 Å². The van der Waals surface area contributed by atoms with Gasteiger partial charge in [-0.25, -0.2) is 18.2 Å². The minimum Gasteiger partial charge on any atom is -0.273 e. The number of nitrogens with zero attached hydrogens (tertiary/aromatic N) is 3. The number of amides is 1. The van der Waals surface area contributed by atoms with Gasteiger partial charge in [-0.05, 0) is 54.8 Å². The molecule has 0 aliphatic carbocycles. The fourth-order valence-electron chi connectivity index (χ4n) is 3.06. The quantitative estimate of drug-likeness (QED) is 0.425. The molecule has 0 atom stereocenters. The van der Waals surface area contributed by atoms with E-state index >= 15 is 0 Å². The van der Waals surface area contributed by atoms with Crippen molar-refractivity contribution in [2.75, 3.05) is 13.1 Å². The van der Waals surface area contributed by atoms with Gasteiger partial charge < -0.3 is 0 Å². The zero-order valence-corrected chi connectivity index (χ0v) is 16.6. The summed E-state index contributed by atoms with van der Waals surface area (Å²) in [6.07, 6.45) is 2.04. The number of carbonyl (C=O) groups is 1. The third kappa shape index (κ3) is 5.05. The average molecular weight is 434 g/mol. The Bertz CT molecular complexity index is 1050. The van der Waals surface area contributed by atoms with E-state index in [-0.39, 0.29) is 29.6 Å².